The summed E-state index contributed by atoms with van der Waals surface area (Å²) in [7, 11) is -3.84. The molecule has 3 aromatic rings. The molecular weight excluding hydrogens is 590 g/mol. The largest absolute Gasteiger partial charge is 0.352 e. The highest BCUT2D eigenvalue weighted by atomic mass is 79.9. The molecule has 1 atom stereocenters. The number of anilines is 1. The fourth-order valence-corrected chi connectivity index (χ4v) is 5.71. The summed E-state index contributed by atoms with van der Waals surface area (Å²) >= 11 is 9.61. The van der Waals surface area contributed by atoms with E-state index in [9.17, 15) is 18.0 Å². The van der Waals surface area contributed by atoms with Crippen LogP contribution in [0.3, 0.4) is 0 Å². The molecule has 3 aromatic carbocycles. The molecule has 0 bridgehead atoms. The zero-order valence-corrected chi connectivity index (χ0v) is 24.6. The van der Waals surface area contributed by atoms with Crippen molar-refractivity contribution in [3.8, 4) is 0 Å². The van der Waals surface area contributed by atoms with Gasteiger partial charge < -0.3 is 10.2 Å². The van der Waals surface area contributed by atoms with Crippen molar-refractivity contribution < 1.29 is 18.0 Å². The first-order valence-corrected chi connectivity index (χ1v) is 15.1. The molecule has 10 heteroatoms. The Bertz CT molecular complexity index is 1370. The smallest absolute Gasteiger partial charge is 0.244 e. The summed E-state index contributed by atoms with van der Waals surface area (Å²) in [4.78, 5) is 28.9. The third-order valence-corrected chi connectivity index (χ3v) is 7.78. The molecule has 1 unspecified atom stereocenters. The molecule has 38 heavy (non-hydrogen) atoms. The number of nitrogens with one attached hydrogen (secondary N) is 1. The molecule has 0 aliphatic rings. The van der Waals surface area contributed by atoms with Crippen molar-refractivity contribution in [2.75, 3.05) is 17.1 Å². The average Bonchev–Trinajstić information content (AvgIpc) is 2.84. The second-order valence-corrected chi connectivity index (χ2v) is 12.4. The zero-order chi connectivity index (χ0) is 27.9. The van der Waals surface area contributed by atoms with Crippen LogP contribution in [0.4, 0.5) is 5.69 Å². The first-order chi connectivity index (χ1) is 18.0. The molecule has 0 aromatic heterocycles. The van der Waals surface area contributed by atoms with Gasteiger partial charge in [0.15, 0.2) is 0 Å². The minimum absolute atomic E-state index is 0.0654. The van der Waals surface area contributed by atoms with E-state index in [1.165, 1.54) is 4.90 Å². The molecule has 0 spiro atoms. The number of halogens is 2. The lowest BCUT2D eigenvalue weighted by atomic mass is 10.0. The molecule has 0 heterocycles. The summed E-state index contributed by atoms with van der Waals surface area (Å²) < 4.78 is 27.2. The van der Waals surface area contributed by atoms with Crippen LogP contribution in [0.25, 0.3) is 0 Å². The van der Waals surface area contributed by atoms with Gasteiger partial charge in [-0.05, 0) is 65.2 Å². The van der Waals surface area contributed by atoms with Gasteiger partial charge in [-0.2, -0.15) is 0 Å². The molecule has 202 valence electrons. The number of para-hydroxylation sites is 1. The Morgan fingerprint density at radius 1 is 0.947 bits per heavy atom. The predicted molar refractivity (Wildman–Crippen MR) is 156 cm³/mol. The number of sulfonamides is 1. The van der Waals surface area contributed by atoms with Gasteiger partial charge in [0.1, 0.15) is 12.6 Å². The van der Waals surface area contributed by atoms with Gasteiger partial charge in [0, 0.05) is 28.5 Å². The molecule has 3 rings (SSSR count). The van der Waals surface area contributed by atoms with E-state index in [1.54, 1.807) is 42.5 Å². The third kappa shape index (κ3) is 8.31. The number of carbonyl (C=O) groups excluding carboxylic acids is 2. The van der Waals surface area contributed by atoms with E-state index in [-0.39, 0.29) is 24.9 Å². The summed E-state index contributed by atoms with van der Waals surface area (Å²) in [5.41, 5.74) is 1.91. The molecule has 0 radical (unpaired) electrons. The van der Waals surface area contributed by atoms with Crippen molar-refractivity contribution in [1.29, 1.82) is 0 Å². The van der Waals surface area contributed by atoms with Crippen molar-refractivity contribution in [2.45, 2.75) is 38.9 Å². The predicted octanol–water partition coefficient (Wildman–Crippen LogP) is 5.03. The quantitative estimate of drug-likeness (QED) is 0.326. The van der Waals surface area contributed by atoms with Crippen molar-refractivity contribution in [2.24, 2.45) is 0 Å². The lowest BCUT2D eigenvalue weighted by Crippen LogP contribution is -2.54. The molecule has 0 aliphatic heterocycles. The molecule has 0 saturated carbocycles. The SMILES string of the molecule is CC(C)NC(=O)C(Cc1ccccc1)N(Cc1cccc(Cl)c1)C(=O)CN(c1ccccc1Br)S(C)(=O)=O. The summed E-state index contributed by atoms with van der Waals surface area (Å²) in [6.07, 6.45) is 1.30. The Kier molecular flexibility index (Phi) is 10.4. The monoisotopic (exact) mass is 619 g/mol. The van der Waals surface area contributed by atoms with Crippen LogP contribution in [0, 0.1) is 0 Å². The standard InChI is InChI=1S/C28H31BrClN3O4S/c1-20(2)31-28(35)26(17-21-10-5-4-6-11-21)32(18-22-12-9-13-23(30)16-22)27(34)19-33(38(3,36)37)25-15-8-7-14-24(25)29/h4-16,20,26H,17-19H2,1-3H3,(H,31,35). The molecule has 7 nitrogen and oxygen atoms in total. The van der Waals surface area contributed by atoms with Gasteiger partial charge in [-0.25, -0.2) is 8.42 Å². The molecular formula is C28H31BrClN3O4S. The summed E-state index contributed by atoms with van der Waals surface area (Å²) in [6.45, 7) is 3.27. The van der Waals surface area contributed by atoms with Crippen LogP contribution < -0.4 is 9.62 Å². The van der Waals surface area contributed by atoms with E-state index in [4.69, 9.17) is 11.6 Å². The van der Waals surface area contributed by atoms with Crippen LogP contribution in [-0.4, -0.2) is 50.0 Å². The van der Waals surface area contributed by atoms with E-state index in [0.29, 0.717) is 20.7 Å². The maximum atomic E-state index is 14.0. The first-order valence-electron chi connectivity index (χ1n) is 12.1. The van der Waals surface area contributed by atoms with Gasteiger partial charge in [0.25, 0.3) is 0 Å². The number of hydrogen-bond acceptors (Lipinski definition) is 4. The van der Waals surface area contributed by atoms with Crippen molar-refractivity contribution in [3.05, 3.63) is 99.5 Å². The van der Waals surface area contributed by atoms with E-state index < -0.39 is 28.5 Å². The zero-order valence-electron chi connectivity index (χ0n) is 21.5. The minimum atomic E-state index is -3.84. The molecule has 0 fully saturated rings. The molecule has 0 aliphatic carbocycles. The number of carbonyl (C=O) groups is 2. The Hall–Kier alpha value is -2.88. The fraction of sp³-hybridized carbons (Fsp3) is 0.286. The summed E-state index contributed by atoms with van der Waals surface area (Å²) in [6, 6.07) is 22.2. The van der Waals surface area contributed by atoms with E-state index >= 15 is 0 Å². The van der Waals surface area contributed by atoms with Crippen LogP contribution in [0.1, 0.15) is 25.0 Å². The van der Waals surface area contributed by atoms with Crippen LogP contribution in [0.2, 0.25) is 5.02 Å². The van der Waals surface area contributed by atoms with Gasteiger partial charge in [-0.3, -0.25) is 13.9 Å². The normalized spacial score (nSPS) is 12.2. The maximum Gasteiger partial charge on any atom is 0.244 e. The molecule has 0 saturated heterocycles. The Labute approximate surface area is 238 Å². The fourth-order valence-electron chi connectivity index (χ4n) is 4.02. The summed E-state index contributed by atoms with van der Waals surface area (Å²) in [5.74, 6) is -0.850. The second kappa shape index (κ2) is 13.3. The number of hydrogen-bond donors (Lipinski definition) is 1. The van der Waals surface area contributed by atoms with Crippen molar-refractivity contribution in [3.63, 3.8) is 0 Å². The van der Waals surface area contributed by atoms with Crippen LogP contribution in [0.5, 0.6) is 0 Å². The van der Waals surface area contributed by atoms with E-state index in [1.807, 2.05) is 50.2 Å². The average molecular weight is 621 g/mol. The molecule has 2 amide bonds. The van der Waals surface area contributed by atoms with E-state index in [2.05, 4.69) is 21.2 Å². The van der Waals surface area contributed by atoms with Crippen molar-refractivity contribution >= 4 is 55.1 Å². The van der Waals surface area contributed by atoms with Gasteiger partial charge >= 0.3 is 0 Å². The first kappa shape index (κ1) is 29.7. The molecule has 1 N–H and O–H groups in total. The second-order valence-electron chi connectivity index (χ2n) is 9.24. The van der Waals surface area contributed by atoms with Crippen LogP contribution >= 0.6 is 27.5 Å². The van der Waals surface area contributed by atoms with Gasteiger partial charge in [0.2, 0.25) is 21.8 Å². The lowest BCUT2D eigenvalue weighted by molar-refractivity contribution is -0.140. The van der Waals surface area contributed by atoms with Crippen LogP contribution in [0.15, 0.2) is 83.3 Å². The van der Waals surface area contributed by atoms with Gasteiger partial charge in [-0.1, -0.05) is 66.2 Å². The Morgan fingerprint density at radius 3 is 2.18 bits per heavy atom. The van der Waals surface area contributed by atoms with Crippen LogP contribution in [-0.2, 0) is 32.6 Å². The number of nitrogens with zero attached hydrogens (tertiary/aromatic N) is 2. The summed E-state index contributed by atoms with van der Waals surface area (Å²) in [5, 5.41) is 3.41. The maximum absolute atomic E-state index is 14.0. The highest BCUT2D eigenvalue weighted by molar-refractivity contribution is 9.10. The van der Waals surface area contributed by atoms with Gasteiger partial charge in [0.05, 0.1) is 11.9 Å². The van der Waals surface area contributed by atoms with E-state index in [0.717, 1.165) is 16.1 Å². The minimum Gasteiger partial charge on any atom is -0.352 e. The Morgan fingerprint density at radius 2 is 1.58 bits per heavy atom. The topological polar surface area (TPSA) is 86.8 Å². The third-order valence-electron chi connectivity index (χ3n) is 5.74. The number of amides is 2. The number of rotatable bonds is 11. The lowest BCUT2D eigenvalue weighted by Gasteiger charge is -2.34. The highest BCUT2D eigenvalue weighted by Gasteiger charge is 2.33. The Balaban J connectivity index is 2.07. The van der Waals surface area contributed by atoms with Gasteiger partial charge in [-0.15, -0.1) is 0 Å². The number of benzene rings is 3. The highest BCUT2D eigenvalue weighted by Crippen LogP contribution is 2.28. The van der Waals surface area contributed by atoms with Crippen molar-refractivity contribution in [1.82, 2.24) is 10.2 Å².